The standard InChI is InChI=1S/C13H15NO5S/c1-16-8-5-4-7(10(17-2)11(8)18-3)6-9-12(15)14-13(20)19-9/h4-5,9H,6H2,1-3H3,(H,14,15,20). The smallest absolute Gasteiger partial charge is 0.268 e. The van der Waals surface area contributed by atoms with Crippen LogP contribution in [0.15, 0.2) is 12.1 Å². The number of amides is 1. The third kappa shape index (κ3) is 2.62. The summed E-state index contributed by atoms with van der Waals surface area (Å²) in [7, 11) is 4.60. The molecule has 108 valence electrons. The molecular formula is C13H15NO5S. The summed E-state index contributed by atoms with van der Waals surface area (Å²) >= 11 is 4.81. The molecule has 0 aromatic heterocycles. The van der Waals surface area contributed by atoms with Gasteiger partial charge in [-0.05, 0) is 18.3 Å². The molecule has 1 aliphatic heterocycles. The van der Waals surface area contributed by atoms with Crippen LogP contribution < -0.4 is 19.5 Å². The highest BCUT2D eigenvalue weighted by Gasteiger charge is 2.31. The van der Waals surface area contributed by atoms with Gasteiger partial charge in [0.2, 0.25) is 5.75 Å². The number of carbonyl (C=O) groups excluding carboxylic acids is 1. The first-order chi connectivity index (χ1) is 9.60. The molecule has 7 heteroatoms. The van der Waals surface area contributed by atoms with Crippen molar-refractivity contribution in [1.82, 2.24) is 5.32 Å². The van der Waals surface area contributed by atoms with E-state index in [9.17, 15) is 4.79 Å². The largest absolute Gasteiger partial charge is 0.493 e. The van der Waals surface area contributed by atoms with Gasteiger partial charge >= 0.3 is 0 Å². The minimum Gasteiger partial charge on any atom is -0.493 e. The van der Waals surface area contributed by atoms with E-state index in [1.165, 1.54) is 14.2 Å². The Morgan fingerprint density at radius 1 is 1.20 bits per heavy atom. The zero-order valence-electron chi connectivity index (χ0n) is 11.4. The topological polar surface area (TPSA) is 66.0 Å². The van der Waals surface area contributed by atoms with Crippen molar-refractivity contribution in [2.24, 2.45) is 0 Å². The zero-order valence-corrected chi connectivity index (χ0v) is 12.2. The fourth-order valence-corrected chi connectivity index (χ4v) is 2.27. The SMILES string of the molecule is COc1ccc(CC2OC(=S)NC2=O)c(OC)c1OC. The lowest BCUT2D eigenvalue weighted by atomic mass is 10.1. The van der Waals surface area contributed by atoms with Gasteiger partial charge in [0.15, 0.2) is 17.6 Å². The average molecular weight is 297 g/mol. The van der Waals surface area contributed by atoms with Gasteiger partial charge in [0.05, 0.1) is 21.3 Å². The summed E-state index contributed by atoms with van der Waals surface area (Å²) in [6, 6.07) is 3.56. The number of thiocarbonyl (C=S) groups is 1. The van der Waals surface area contributed by atoms with Crippen molar-refractivity contribution in [3.05, 3.63) is 17.7 Å². The molecule has 0 spiro atoms. The van der Waals surface area contributed by atoms with Crippen LogP contribution >= 0.6 is 12.2 Å². The van der Waals surface area contributed by atoms with Gasteiger partial charge in [-0.1, -0.05) is 6.07 Å². The van der Waals surface area contributed by atoms with Crippen LogP contribution in [0.5, 0.6) is 17.2 Å². The molecule has 6 nitrogen and oxygen atoms in total. The van der Waals surface area contributed by atoms with Gasteiger partial charge in [0.1, 0.15) is 0 Å². The van der Waals surface area contributed by atoms with E-state index in [1.807, 2.05) is 0 Å². The number of hydrogen-bond donors (Lipinski definition) is 1. The second-order valence-electron chi connectivity index (χ2n) is 4.08. The van der Waals surface area contributed by atoms with E-state index >= 15 is 0 Å². The molecule has 1 saturated heterocycles. The summed E-state index contributed by atoms with van der Waals surface area (Å²) in [5.74, 6) is 1.29. The van der Waals surface area contributed by atoms with E-state index in [-0.39, 0.29) is 11.1 Å². The summed E-state index contributed by atoms with van der Waals surface area (Å²) in [6.45, 7) is 0. The Hall–Kier alpha value is -2.02. The van der Waals surface area contributed by atoms with Crippen molar-refractivity contribution < 1.29 is 23.7 Å². The maximum Gasteiger partial charge on any atom is 0.268 e. The molecule has 1 aromatic rings. The summed E-state index contributed by atoms with van der Waals surface area (Å²) in [5.41, 5.74) is 0.773. The van der Waals surface area contributed by atoms with Gasteiger partial charge in [-0.25, -0.2) is 0 Å². The molecule has 0 radical (unpaired) electrons. The maximum atomic E-state index is 11.6. The first-order valence-corrected chi connectivity index (χ1v) is 6.30. The van der Waals surface area contributed by atoms with Crippen molar-refractivity contribution in [2.75, 3.05) is 21.3 Å². The van der Waals surface area contributed by atoms with E-state index in [0.29, 0.717) is 23.7 Å². The number of ether oxygens (including phenoxy) is 4. The Morgan fingerprint density at radius 3 is 2.40 bits per heavy atom. The van der Waals surface area contributed by atoms with E-state index in [2.05, 4.69) is 5.32 Å². The molecule has 20 heavy (non-hydrogen) atoms. The highest BCUT2D eigenvalue weighted by Crippen LogP contribution is 2.40. The van der Waals surface area contributed by atoms with Crippen molar-refractivity contribution in [3.8, 4) is 17.2 Å². The molecule has 0 bridgehead atoms. The predicted octanol–water partition coefficient (Wildman–Crippen LogP) is 1.05. The number of carbonyl (C=O) groups is 1. The van der Waals surface area contributed by atoms with Gasteiger partial charge in [-0.15, -0.1) is 0 Å². The molecule has 1 amide bonds. The van der Waals surface area contributed by atoms with Crippen LogP contribution in [0.1, 0.15) is 5.56 Å². The average Bonchev–Trinajstić information content (AvgIpc) is 2.76. The Bertz CT molecular complexity index is 546. The van der Waals surface area contributed by atoms with Crippen molar-refractivity contribution in [2.45, 2.75) is 12.5 Å². The van der Waals surface area contributed by atoms with E-state index in [0.717, 1.165) is 5.56 Å². The molecule has 0 aliphatic carbocycles. The summed E-state index contributed by atoms with van der Waals surface area (Å²) in [5, 5.41) is 2.55. The van der Waals surface area contributed by atoms with E-state index in [4.69, 9.17) is 31.2 Å². The molecule has 1 aromatic carbocycles. The van der Waals surface area contributed by atoms with E-state index in [1.54, 1.807) is 19.2 Å². The van der Waals surface area contributed by atoms with Gasteiger partial charge in [0, 0.05) is 12.0 Å². The Morgan fingerprint density at radius 2 is 1.90 bits per heavy atom. The van der Waals surface area contributed by atoms with Crippen molar-refractivity contribution in [1.29, 1.82) is 0 Å². The summed E-state index contributed by atoms with van der Waals surface area (Å²) < 4.78 is 21.1. The number of hydrogen-bond acceptors (Lipinski definition) is 6. The van der Waals surface area contributed by atoms with Gasteiger partial charge < -0.3 is 18.9 Å². The summed E-state index contributed by atoms with van der Waals surface area (Å²) in [4.78, 5) is 11.6. The molecular weight excluding hydrogens is 282 g/mol. The van der Waals surface area contributed by atoms with Crippen LogP contribution in [0.3, 0.4) is 0 Å². The predicted molar refractivity (Wildman–Crippen MR) is 75.4 cm³/mol. The Labute approximate surface area is 122 Å². The van der Waals surface area contributed by atoms with E-state index < -0.39 is 6.10 Å². The third-order valence-corrected chi connectivity index (χ3v) is 3.16. The fraction of sp³-hybridized carbons (Fsp3) is 0.385. The Balaban J connectivity index is 2.32. The van der Waals surface area contributed by atoms with Crippen LogP contribution in [0.2, 0.25) is 0 Å². The first kappa shape index (κ1) is 14.4. The molecule has 1 fully saturated rings. The van der Waals surface area contributed by atoms with Crippen LogP contribution in [0.25, 0.3) is 0 Å². The molecule has 0 saturated carbocycles. The van der Waals surface area contributed by atoms with Crippen LogP contribution in [-0.2, 0) is 16.0 Å². The highest BCUT2D eigenvalue weighted by atomic mass is 32.1. The lowest BCUT2D eigenvalue weighted by molar-refractivity contribution is -0.123. The molecule has 2 rings (SSSR count). The highest BCUT2D eigenvalue weighted by molar-refractivity contribution is 7.80. The third-order valence-electron chi connectivity index (χ3n) is 2.96. The number of methoxy groups -OCH3 is 3. The summed E-state index contributed by atoms with van der Waals surface area (Å²) in [6.07, 6.45) is -0.329. The van der Waals surface area contributed by atoms with Gasteiger partial charge in [-0.2, -0.15) is 0 Å². The molecule has 1 N–H and O–H groups in total. The number of rotatable bonds is 5. The molecule has 1 aliphatic rings. The van der Waals surface area contributed by atoms with Gasteiger partial charge in [-0.3, -0.25) is 10.1 Å². The maximum absolute atomic E-state index is 11.6. The molecule has 1 atom stereocenters. The Kier molecular flexibility index (Phi) is 4.29. The van der Waals surface area contributed by atoms with Crippen LogP contribution in [-0.4, -0.2) is 38.5 Å². The fourth-order valence-electron chi connectivity index (χ4n) is 2.05. The second kappa shape index (κ2) is 5.96. The van der Waals surface area contributed by atoms with Crippen LogP contribution in [0.4, 0.5) is 0 Å². The quantitative estimate of drug-likeness (QED) is 0.820. The minimum absolute atomic E-state index is 0.0967. The number of nitrogens with one attached hydrogen (secondary N) is 1. The normalized spacial score (nSPS) is 17.4. The first-order valence-electron chi connectivity index (χ1n) is 5.90. The van der Waals surface area contributed by atoms with Crippen LogP contribution in [0, 0.1) is 0 Å². The van der Waals surface area contributed by atoms with Gasteiger partial charge in [0.25, 0.3) is 11.1 Å². The zero-order chi connectivity index (χ0) is 14.7. The minimum atomic E-state index is -0.658. The monoisotopic (exact) mass is 297 g/mol. The van der Waals surface area contributed by atoms with Crippen molar-refractivity contribution >= 4 is 23.3 Å². The van der Waals surface area contributed by atoms with Crippen molar-refractivity contribution in [3.63, 3.8) is 0 Å². The number of benzene rings is 1. The lowest BCUT2D eigenvalue weighted by Gasteiger charge is -2.16. The molecule has 1 unspecified atom stereocenters. The lowest BCUT2D eigenvalue weighted by Crippen LogP contribution is -2.26. The molecule has 1 heterocycles. The second-order valence-corrected chi connectivity index (χ2v) is 4.45.